The first-order chi connectivity index (χ1) is 7.20. The Morgan fingerprint density at radius 2 is 2.13 bits per heavy atom. The molecule has 15 heavy (non-hydrogen) atoms. The Kier molecular flexibility index (Phi) is 2.77. The maximum atomic E-state index is 13.4. The lowest BCUT2D eigenvalue weighted by Gasteiger charge is -1.98. The molecule has 0 aliphatic rings. The van der Waals surface area contributed by atoms with Crippen molar-refractivity contribution >= 4 is 11.3 Å². The molecule has 0 saturated carbocycles. The van der Waals surface area contributed by atoms with E-state index in [0.717, 1.165) is 17.4 Å². The molecular formula is C11H9F2NS. The van der Waals surface area contributed by atoms with Crippen LogP contribution in [0.2, 0.25) is 0 Å². The van der Waals surface area contributed by atoms with E-state index in [9.17, 15) is 8.78 Å². The Morgan fingerprint density at radius 3 is 2.73 bits per heavy atom. The molecule has 0 unspecified atom stereocenters. The van der Waals surface area contributed by atoms with Gasteiger partial charge in [-0.05, 0) is 18.6 Å². The first-order valence-corrected chi connectivity index (χ1v) is 5.42. The van der Waals surface area contributed by atoms with Crippen LogP contribution >= 0.6 is 11.3 Å². The molecule has 0 fully saturated rings. The van der Waals surface area contributed by atoms with E-state index in [1.807, 2.05) is 6.92 Å². The zero-order chi connectivity index (χ0) is 10.8. The van der Waals surface area contributed by atoms with Gasteiger partial charge in [-0.3, -0.25) is 0 Å². The van der Waals surface area contributed by atoms with Gasteiger partial charge in [-0.15, -0.1) is 11.3 Å². The monoisotopic (exact) mass is 225 g/mol. The summed E-state index contributed by atoms with van der Waals surface area (Å²) in [6.45, 7) is 2.01. The lowest BCUT2D eigenvalue weighted by Crippen LogP contribution is -1.84. The molecule has 0 aliphatic carbocycles. The Hall–Kier alpha value is -1.29. The van der Waals surface area contributed by atoms with Crippen molar-refractivity contribution in [3.8, 4) is 10.6 Å². The normalized spacial score (nSPS) is 10.6. The second-order valence-electron chi connectivity index (χ2n) is 3.11. The molecule has 0 spiro atoms. The van der Waals surface area contributed by atoms with Crippen molar-refractivity contribution in [2.24, 2.45) is 0 Å². The molecule has 2 rings (SSSR count). The molecule has 2 aromatic rings. The highest BCUT2D eigenvalue weighted by molar-refractivity contribution is 7.15. The van der Waals surface area contributed by atoms with Crippen LogP contribution < -0.4 is 0 Å². The molecule has 1 aromatic carbocycles. The number of benzene rings is 1. The quantitative estimate of drug-likeness (QED) is 0.760. The third-order valence-electron chi connectivity index (χ3n) is 2.06. The molecular weight excluding hydrogens is 216 g/mol. The molecule has 1 heterocycles. The summed E-state index contributed by atoms with van der Waals surface area (Å²) in [7, 11) is 0. The number of thiazole rings is 1. The molecule has 0 radical (unpaired) electrons. The van der Waals surface area contributed by atoms with Crippen LogP contribution in [0.15, 0.2) is 24.4 Å². The molecule has 0 saturated heterocycles. The minimum absolute atomic E-state index is 0.362. The predicted molar refractivity (Wildman–Crippen MR) is 56.8 cm³/mol. The summed E-state index contributed by atoms with van der Waals surface area (Å²) in [5.41, 5.74) is 0.362. The maximum absolute atomic E-state index is 13.4. The van der Waals surface area contributed by atoms with Crippen LogP contribution in [0.25, 0.3) is 10.6 Å². The average molecular weight is 225 g/mol. The van der Waals surface area contributed by atoms with Crippen LogP contribution in [0.3, 0.4) is 0 Å². The number of rotatable bonds is 2. The fraction of sp³-hybridized carbons (Fsp3) is 0.182. The molecule has 0 aliphatic heterocycles. The number of aryl methyl sites for hydroxylation is 1. The van der Waals surface area contributed by atoms with Gasteiger partial charge in [0, 0.05) is 22.7 Å². The summed E-state index contributed by atoms with van der Waals surface area (Å²) in [5, 5.41) is 0.601. The number of nitrogens with zero attached hydrogens (tertiary/aromatic N) is 1. The van der Waals surface area contributed by atoms with Gasteiger partial charge in [0.05, 0.1) is 0 Å². The molecule has 0 amide bonds. The van der Waals surface area contributed by atoms with Crippen molar-refractivity contribution in [1.29, 1.82) is 0 Å². The zero-order valence-electron chi connectivity index (χ0n) is 8.13. The Bertz CT molecular complexity index is 479. The van der Waals surface area contributed by atoms with E-state index >= 15 is 0 Å². The van der Waals surface area contributed by atoms with Gasteiger partial charge in [0.15, 0.2) is 0 Å². The fourth-order valence-electron chi connectivity index (χ4n) is 1.26. The molecule has 1 nitrogen and oxygen atoms in total. The summed E-state index contributed by atoms with van der Waals surface area (Å²) < 4.78 is 26.1. The van der Waals surface area contributed by atoms with Gasteiger partial charge in [-0.25, -0.2) is 13.8 Å². The Labute approximate surface area is 90.4 Å². The van der Waals surface area contributed by atoms with Gasteiger partial charge in [-0.1, -0.05) is 6.92 Å². The second-order valence-corrected chi connectivity index (χ2v) is 4.22. The number of aromatic nitrogens is 1. The van der Waals surface area contributed by atoms with Crippen LogP contribution in [-0.2, 0) is 6.42 Å². The van der Waals surface area contributed by atoms with E-state index in [1.54, 1.807) is 6.20 Å². The molecule has 0 bridgehead atoms. The largest absolute Gasteiger partial charge is 0.244 e. The van der Waals surface area contributed by atoms with Crippen molar-refractivity contribution in [1.82, 2.24) is 4.98 Å². The SMILES string of the molecule is CCc1cnc(-c2ccc(F)cc2F)s1. The third kappa shape index (κ3) is 2.04. The van der Waals surface area contributed by atoms with E-state index in [-0.39, 0.29) is 0 Å². The van der Waals surface area contributed by atoms with Crippen LogP contribution in [0.5, 0.6) is 0 Å². The second kappa shape index (κ2) is 4.06. The number of halogens is 2. The smallest absolute Gasteiger partial charge is 0.136 e. The van der Waals surface area contributed by atoms with E-state index in [4.69, 9.17) is 0 Å². The van der Waals surface area contributed by atoms with Crippen molar-refractivity contribution in [2.45, 2.75) is 13.3 Å². The van der Waals surface area contributed by atoms with Crippen molar-refractivity contribution < 1.29 is 8.78 Å². The molecule has 78 valence electrons. The molecule has 4 heteroatoms. The summed E-state index contributed by atoms with van der Waals surface area (Å²) in [5.74, 6) is -1.13. The lowest BCUT2D eigenvalue weighted by molar-refractivity contribution is 0.585. The minimum atomic E-state index is -0.566. The first kappa shape index (κ1) is 10.2. The summed E-state index contributed by atoms with van der Waals surface area (Å²) in [6.07, 6.45) is 2.60. The van der Waals surface area contributed by atoms with Gasteiger partial charge < -0.3 is 0 Å². The van der Waals surface area contributed by atoms with Gasteiger partial charge >= 0.3 is 0 Å². The highest BCUT2D eigenvalue weighted by Crippen LogP contribution is 2.27. The van der Waals surface area contributed by atoms with Crippen LogP contribution in [0.4, 0.5) is 8.78 Å². The highest BCUT2D eigenvalue weighted by Gasteiger charge is 2.09. The summed E-state index contributed by atoms with van der Waals surface area (Å²) in [4.78, 5) is 5.20. The fourth-order valence-corrected chi connectivity index (χ4v) is 2.14. The third-order valence-corrected chi connectivity index (χ3v) is 3.24. The van der Waals surface area contributed by atoms with E-state index < -0.39 is 11.6 Å². The van der Waals surface area contributed by atoms with Crippen LogP contribution in [0.1, 0.15) is 11.8 Å². The number of hydrogen-bond donors (Lipinski definition) is 0. The Morgan fingerprint density at radius 1 is 1.33 bits per heavy atom. The zero-order valence-corrected chi connectivity index (χ0v) is 8.94. The highest BCUT2D eigenvalue weighted by atomic mass is 32.1. The summed E-state index contributed by atoms with van der Waals surface area (Å²) in [6, 6.07) is 3.54. The van der Waals surface area contributed by atoms with E-state index in [2.05, 4.69) is 4.98 Å². The standard InChI is InChI=1S/C11H9F2NS/c1-2-8-6-14-11(15-8)9-4-3-7(12)5-10(9)13/h3-6H,2H2,1H3. The number of hydrogen-bond acceptors (Lipinski definition) is 2. The molecule has 0 atom stereocenters. The van der Waals surface area contributed by atoms with Gasteiger partial charge in [0.25, 0.3) is 0 Å². The van der Waals surface area contributed by atoms with Crippen molar-refractivity contribution in [2.75, 3.05) is 0 Å². The summed E-state index contributed by atoms with van der Waals surface area (Å²) >= 11 is 1.43. The Balaban J connectivity index is 2.44. The van der Waals surface area contributed by atoms with E-state index in [1.165, 1.54) is 23.5 Å². The maximum Gasteiger partial charge on any atom is 0.136 e. The lowest BCUT2D eigenvalue weighted by atomic mass is 10.2. The first-order valence-electron chi connectivity index (χ1n) is 4.61. The van der Waals surface area contributed by atoms with Gasteiger partial charge in [0.1, 0.15) is 16.6 Å². The predicted octanol–water partition coefficient (Wildman–Crippen LogP) is 3.65. The van der Waals surface area contributed by atoms with Crippen LogP contribution in [0, 0.1) is 11.6 Å². The minimum Gasteiger partial charge on any atom is -0.244 e. The average Bonchev–Trinajstić information content (AvgIpc) is 2.66. The van der Waals surface area contributed by atoms with Gasteiger partial charge in [0.2, 0.25) is 0 Å². The van der Waals surface area contributed by atoms with Crippen molar-refractivity contribution in [3.05, 3.63) is 40.9 Å². The van der Waals surface area contributed by atoms with Crippen molar-refractivity contribution in [3.63, 3.8) is 0 Å². The van der Waals surface area contributed by atoms with Gasteiger partial charge in [-0.2, -0.15) is 0 Å². The van der Waals surface area contributed by atoms with E-state index in [0.29, 0.717) is 10.6 Å². The molecule has 1 aromatic heterocycles. The van der Waals surface area contributed by atoms with Crippen LogP contribution in [-0.4, -0.2) is 4.98 Å². The molecule has 0 N–H and O–H groups in total. The topological polar surface area (TPSA) is 12.9 Å².